The fraction of sp³-hybridized carbons (Fsp3) is 0.286. The highest BCUT2D eigenvalue weighted by atomic mass is 32.1. The fourth-order valence-electron chi connectivity index (χ4n) is 2.68. The third kappa shape index (κ3) is 2.00. The van der Waals surface area contributed by atoms with Crippen molar-refractivity contribution in [2.75, 3.05) is 11.4 Å². The monoisotopic (exact) mass is 272 g/mol. The Bertz CT molecular complexity index is 619. The first kappa shape index (κ1) is 12.2. The van der Waals surface area contributed by atoms with Gasteiger partial charge in [0.05, 0.1) is 17.9 Å². The molecule has 4 nitrogen and oxygen atoms in total. The minimum Gasteiger partial charge on any atom is -0.384 e. The smallest absolute Gasteiger partial charge is 0.125 e. The van der Waals surface area contributed by atoms with Crippen LogP contribution in [0.25, 0.3) is 0 Å². The molecule has 0 amide bonds. The lowest BCUT2D eigenvalue weighted by atomic mass is 10.00. The van der Waals surface area contributed by atoms with Crippen molar-refractivity contribution in [1.29, 1.82) is 5.41 Å². The number of thiophene rings is 1. The lowest BCUT2D eigenvalue weighted by molar-refractivity contribution is 0.631. The molecule has 2 aromatic heterocycles. The normalized spacial score (nSPS) is 18.2. The molecule has 0 radical (unpaired) electrons. The summed E-state index contributed by atoms with van der Waals surface area (Å²) in [4.78, 5) is 7.95. The van der Waals surface area contributed by atoms with Gasteiger partial charge in [0.15, 0.2) is 0 Å². The van der Waals surface area contributed by atoms with Gasteiger partial charge in [-0.15, -0.1) is 11.3 Å². The molecule has 2 aromatic rings. The maximum Gasteiger partial charge on any atom is 0.125 e. The number of nitrogens with zero attached hydrogens (tertiary/aromatic N) is 2. The van der Waals surface area contributed by atoms with Gasteiger partial charge in [0.2, 0.25) is 0 Å². The molecule has 3 N–H and O–H groups in total. The van der Waals surface area contributed by atoms with Crippen molar-refractivity contribution < 1.29 is 0 Å². The van der Waals surface area contributed by atoms with Crippen LogP contribution in [0.3, 0.4) is 0 Å². The number of aromatic nitrogens is 1. The highest BCUT2D eigenvalue weighted by Gasteiger charge is 2.26. The van der Waals surface area contributed by atoms with E-state index in [4.69, 9.17) is 11.1 Å². The van der Waals surface area contributed by atoms with Gasteiger partial charge < -0.3 is 10.6 Å². The average molecular weight is 272 g/mol. The molecule has 3 rings (SSSR count). The molecule has 3 heterocycles. The number of anilines is 1. The van der Waals surface area contributed by atoms with Crippen LogP contribution in [0, 0.1) is 5.41 Å². The van der Waals surface area contributed by atoms with E-state index in [2.05, 4.69) is 28.3 Å². The van der Waals surface area contributed by atoms with Gasteiger partial charge in [-0.05, 0) is 36.4 Å². The zero-order chi connectivity index (χ0) is 13.4. The Labute approximate surface area is 116 Å². The summed E-state index contributed by atoms with van der Waals surface area (Å²) in [5.74, 6) is 0.0979. The summed E-state index contributed by atoms with van der Waals surface area (Å²) in [7, 11) is 0. The Balaban J connectivity index is 2.03. The molecule has 1 atom stereocenters. The van der Waals surface area contributed by atoms with E-state index < -0.39 is 0 Å². The Morgan fingerprint density at radius 1 is 1.53 bits per heavy atom. The molecule has 0 spiro atoms. The van der Waals surface area contributed by atoms with Crippen molar-refractivity contribution in [1.82, 2.24) is 4.98 Å². The van der Waals surface area contributed by atoms with E-state index in [-0.39, 0.29) is 5.84 Å². The number of hydrogen-bond donors (Lipinski definition) is 2. The summed E-state index contributed by atoms with van der Waals surface area (Å²) >= 11 is 1.83. The molecule has 1 aliphatic rings. The van der Waals surface area contributed by atoms with Crippen LogP contribution in [0.2, 0.25) is 0 Å². The van der Waals surface area contributed by atoms with Crippen molar-refractivity contribution in [2.24, 2.45) is 5.73 Å². The molecule has 0 aromatic carbocycles. The van der Waals surface area contributed by atoms with Crippen molar-refractivity contribution in [3.63, 3.8) is 0 Å². The van der Waals surface area contributed by atoms with Crippen LogP contribution in [0.15, 0.2) is 29.9 Å². The van der Waals surface area contributed by atoms with E-state index in [1.54, 1.807) is 6.20 Å². The molecule has 0 saturated heterocycles. The van der Waals surface area contributed by atoms with Crippen molar-refractivity contribution in [3.05, 3.63) is 45.9 Å². The molecule has 0 saturated carbocycles. The summed E-state index contributed by atoms with van der Waals surface area (Å²) < 4.78 is 0. The second-order valence-corrected chi connectivity index (χ2v) is 5.73. The maximum atomic E-state index is 7.70. The van der Waals surface area contributed by atoms with Gasteiger partial charge in [-0.1, -0.05) is 0 Å². The zero-order valence-corrected chi connectivity index (χ0v) is 11.6. The molecule has 0 fully saturated rings. The Hall–Kier alpha value is -1.88. The van der Waals surface area contributed by atoms with Crippen molar-refractivity contribution in [3.8, 4) is 0 Å². The zero-order valence-electron chi connectivity index (χ0n) is 10.8. The van der Waals surface area contributed by atoms with Crippen LogP contribution in [0.5, 0.6) is 0 Å². The molecule has 1 aliphatic heterocycles. The number of hydrogen-bond acceptors (Lipinski definition) is 4. The quantitative estimate of drug-likeness (QED) is 0.652. The van der Waals surface area contributed by atoms with Gasteiger partial charge in [-0.25, -0.2) is 0 Å². The fourth-order valence-corrected chi connectivity index (χ4v) is 3.64. The first-order valence-corrected chi connectivity index (χ1v) is 7.17. The molecule has 98 valence electrons. The topological polar surface area (TPSA) is 66.0 Å². The minimum absolute atomic E-state index is 0.0979. The van der Waals surface area contributed by atoms with Gasteiger partial charge in [-0.3, -0.25) is 10.4 Å². The number of amidine groups is 1. The molecule has 0 bridgehead atoms. The number of nitrogens with two attached hydrogens (primary N) is 1. The van der Waals surface area contributed by atoms with Crippen LogP contribution in [0.4, 0.5) is 5.69 Å². The van der Waals surface area contributed by atoms with Crippen LogP contribution in [0.1, 0.15) is 29.0 Å². The van der Waals surface area contributed by atoms with Gasteiger partial charge in [0.25, 0.3) is 0 Å². The van der Waals surface area contributed by atoms with Crippen LogP contribution >= 0.6 is 11.3 Å². The van der Waals surface area contributed by atoms with Crippen LogP contribution in [-0.2, 0) is 6.42 Å². The van der Waals surface area contributed by atoms with Crippen LogP contribution < -0.4 is 10.6 Å². The summed E-state index contributed by atoms with van der Waals surface area (Å²) in [5.41, 5.74) is 8.78. The Morgan fingerprint density at radius 2 is 2.37 bits per heavy atom. The molecule has 19 heavy (non-hydrogen) atoms. The van der Waals surface area contributed by atoms with Gasteiger partial charge in [0.1, 0.15) is 5.84 Å². The highest BCUT2D eigenvalue weighted by molar-refractivity contribution is 7.10. The summed E-state index contributed by atoms with van der Waals surface area (Å²) in [6.07, 6.45) is 4.54. The van der Waals surface area contributed by atoms with E-state index in [0.29, 0.717) is 6.04 Å². The second kappa shape index (κ2) is 4.66. The standard InChI is InChI=1S/C14H16N4S/c1-9-10-4-7-19-13(10)3-6-18(9)12-8-17-5-2-11(12)14(15)16/h2,4-5,7-9H,3,6H2,1H3,(H3,15,16). The minimum atomic E-state index is 0.0979. The first-order chi connectivity index (χ1) is 9.18. The molecular weight excluding hydrogens is 256 g/mol. The lowest BCUT2D eigenvalue weighted by Gasteiger charge is -2.36. The predicted molar refractivity (Wildman–Crippen MR) is 79.0 cm³/mol. The molecule has 0 aliphatic carbocycles. The summed E-state index contributed by atoms with van der Waals surface area (Å²) in [6.45, 7) is 3.14. The number of nitrogens with one attached hydrogen (secondary N) is 1. The van der Waals surface area contributed by atoms with Crippen LogP contribution in [-0.4, -0.2) is 17.4 Å². The lowest BCUT2D eigenvalue weighted by Crippen LogP contribution is -2.34. The Kier molecular flexibility index (Phi) is 2.98. The van der Waals surface area contributed by atoms with Gasteiger partial charge in [-0.2, -0.15) is 0 Å². The van der Waals surface area contributed by atoms with E-state index in [1.807, 2.05) is 23.6 Å². The second-order valence-electron chi connectivity index (χ2n) is 4.72. The highest BCUT2D eigenvalue weighted by Crippen LogP contribution is 2.36. The number of rotatable bonds is 2. The molecular formula is C14H16N4S. The van der Waals surface area contributed by atoms with Gasteiger partial charge >= 0.3 is 0 Å². The van der Waals surface area contributed by atoms with E-state index in [1.165, 1.54) is 10.4 Å². The Morgan fingerprint density at radius 3 is 3.16 bits per heavy atom. The number of fused-ring (bicyclic) bond motifs is 1. The van der Waals surface area contributed by atoms with Crippen molar-refractivity contribution >= 4 is 22.9 Å². The molecule has 1 unspecified atom stereocenters. The van der Waals surface area contributed by atoms with E-state index >= 15 is 0 Å². The van der Waals surface area contributed by atoms with Crippen molar-refractivity contribution in [2.45, 2.75) is 19.4 Å². The van der Waals surface area contributed by atoms with E-state index in [0.717, 1.165) is 24.2 Å². The number of pyridine rings is 1. The largest absolute Gasteiger partial charge is 0.384 e. The summed E-state index contributed by atoms with van der Waals surface area (Å²) in [5, 5.41) is 9.85. The maximum absolute atomic E-state index is 7.70. The van der Waals surface area contributed by atoms with Gasteiger partial charge in [0, 0.05) is 23.2 Å². The first-order valence-electron chi connectivity index (χ1n) is 6.30. The average Bonchev–Trinajstić information content (AvgIpc) is 2.88. The SMILES string of the molecule is CC1c2ccsc2CCN1c1cnccc1C(=N)N. The molecule has 5 heteroatoms. The number of nitrogen functional groups attached to an aromatic ring is 1. The third-order valence-electron chi connectivity index (χ3n) is 3.68. The third-order valence-corrected chi connectivity index (χ3v) is 4.67. The van der Waals surface area contributed by atoms with E-state index in [9.17, 15) is 0 Å². The predicted octanol–water partition coefficient (Wildman–Crippen LogP) is 2.55. The summed E-state index contributed by atoms with van der Waals surface area (Å²) in [6, 6.07) is 4.31.